The third kappa shape index (κ3) is 5.99. The first-order chi connectivity index (χ1) is 14.6. The predicted octanol–water partition coefficient (Wildman–Crippen LogP) is 3.06. The summed E-state index contributed by atoms with van der Waals surface area (Å²) in [7, 11) is 1.96. The number of carbonyl (C=O) groups is 2. The quantitative estimate of drug-likeness (QED) is 0.772. The van der Waals surface area contributed by atoms with Crippen LogP contribution >= 0.6 is 0 Å². The number of hydrogen-bond acceptors (Lipinski definition) is 4. The van der Waals surface area contributed by atoms with Crippen LogP contribution in [0.25, 0.3) is 0 Å². The van der Waals surface area contributed by atoms with E-state index in [1.54, 1.807) is 0 Å². The summed E-state index contributed by atoms with van der Waals surface area (Å²) in [6, 6.07) is 0. The molecule has 1 aliphatic carbocycles. The van der Waals surface area contributed by atoms with Crippen LogP contribution in [0, 0.1) is 11.3 Å². The SMILES string of the molecule is Cn1cc(CN2CCC3(CC2)CCN(CC2CCCC2)C3=O)cn1.O=C(O)C(F)(F)F. The number of nitrogens with zero attached hydrogens (tertiary/aromatic N) is 4. The van der Waals surface area contributed by atoms with Crippen molar-refractivity contribution >= 4 is 11.9 Å². The minimum Gasteiger partial charge on any atom is -0.475 e. The molecule has 1 spiro atoms. The molecule has 1 amide bonds. The predicted molar refractivity (Wildman–Crippen MR) is 107 cm³/mol. The standard InChI is InChI=1S/C19H30N4O.C2HF3O2/c1-21-13-17(12-20-21)14-22-9-6-19(7-10-22)8-11-23(18(19)24)15-16-4-2-3-5-16;3-2(4,5)1(6)7/h12-13,16H,2-11,14-15H2,1H3;(H,6,7). The molecule has 1 saturated carbocycles. The molecule has 0 atom stereocenters. The lowest BCUT2D eigenvalue weighted by Gasteiger charge is -2.38. The Kier molecular flexibility index (Phi) is 7.28. The van der Waals surface area contributed by atoms with Crippen molar-refractivity contribution in [2.24, 2.45) is 18.4 Å². The van der Waals surface area contributed by atoms with Crippen LogP contribution in [0.5, 0.6) is 0 Å². The Hall–Kier alpha value is -2.10. The smallest absolute Gasteiger partial charge is 0.475 e. The van der Waals surface area contributed by atoms with Crippen LogP contribution in [0.1, 0.15) is 50.5 Å². The average molecular weight is 444 g/mol. The van der Waals surface area contributed by atoms with Gasteiger partial charge in [0, 0.05) is 38.4 Å². The fourth-order valence-electron chi connectivity index (χ4n) is 4.99. The van der Waals surface area contributed by atoms with E-state index in [4.69, 9.17) is 9.90 Å². The summed E-state index contributed by atoms with van der Waals surface area (Å²) in [4.78, 5) is 26.6. The largest absolute Gasteiger partial charge is 0.490 e. The number of alkyl halides is 3. The number of piperidine rings is 1. The molecule has 0 bridgehead atoms. The Morgan fingerprint density at radius 3 is 2.29 bits per heavy atom. The number of carboxylic acid groups (broad SMARTS) is 1. The Labute approximate surface area is 180 Å². The normalized spacial score (nSPS) is 22.1. The number of carboxylic acids is 1. The summed E-state index contributed by atoms with van der Waals surface area (Å²) in [5.74, 6) is -1.52. The molecule has 3 aliphatic rings. The van der Waals surface area contributed by atoms with Gasteiger partial charge in [0.05, 0.1) is 11.6 Å². The zero-order valence-corrected chi connectivity index (χ0v) is 17.9. The van der Waals surface area contributed by atoms with Gasteiger partial charge in [0.2, 0.25) is 5.91 Å². The van der Waals surface area contributed by atoms with Crippen molar-refractivity contribution in [1.82, 2.24) is 19.6 Å². The molecule has 3 fully saturated rings. The van der Waals surface area contributed by atoms with E-state index < -0.39 is 12.1 Å². The summed E-state index contributed by atoms with van der Waals surface area (Å²) < 4.78 is 33.6. The van der Waals surface area contributed by atoms with Crippen LogP contribution in [0.2, 0.25) is 0 Å². The molecule has 0 aromatic carbocycles. The highest BCUT2D eigenvalue weighted by Gasteiger charge is 2.48. The maximum Gasteiger partial charge on any atom is 0.490 e. The molecular formula is C21H31F3N4O3. The van der Waals surface area contributed by atoms with Gasteiger partial charge in [-0.05, 0) is 51.1 Å². The van der Waals surface area contributed by atoms with Gasteiger partial charge in [-0.2, -0.15) is 18.3 Å². The molecule has 1 aromatic heterocycles. The lowest BCUT2D eigenvalue weighted by molar-refractivity contribution is -0.192. The number of amides is 1. The molecule has 0 radical (unpaired) electrons. The maximum atomic E-state index is 13.0. The van der Waals surface area contributed by atoms with Gasteiger partial charge >= 0.3 is 12.1 Å². The monoisotopic (exact) mass is 444 g/mol. The van der Waals surface area contributed by atoms with Crippen molar-refractivity contribution in [3.05, 3.63) is 18.0 Å². The van der Waals surface area contributed by atoms with E-state index in [9.17, 15) is 18.0 Å². The molecule has 10 heteroatoms. The third-order valence-corrected chi connectivity index (χ3v) is 6.77. The molecule has 3 heterocycles. The Morgan fingerprint density at radius 2 is 1.77 bits per heavy atom. The highest BCUT2D eigenvalue weighted by Crippen LogP contribution is 2.42. The molecule has 2 aliphatic heterocycles. The molecule has 0 unspecified atom stereocenters. The van der Waals surface area contributed by atoms with Gasteiger partial charge in [-0.15, -0.1) is 0 Å². The second-order valence-corrected chi connectivity index (χ2v) is 9.03. The number of likely N-dealkylation sites (tertiary alicyclic amines) is 2. The second-order valence-electron chi connectivity index (χ2n) is 9.03. The van der Waals surface area contributed by atoms with Crippen molar-refractivity contribution in [3.63, 3.8) is 0 Å². The van der Waals surface area contributed by atoms with Gasteiger partial charge in [0.25, 0.3) is 0 Å². The first-order valence-electron chi connectivity index (χ1n) is 10.9. The Balaban J connectivity index is 0.000000339. The summed E-state index contributed by atoms with van der Waals surface area (Å²) in [5.41, 5.74) is 1.23. The summed E-state index contributed by atoms with van der Waals surface area (Å²) >= 11 is 0. The number of hydrogen-bond donors (Lipinski definition) is 1. The van der Waals surface area contributed by atoms with E-state index in [0.717, 1.165) is 57.9 Å². The van der Waals surface area contributed by atoms with Crippen molar-refractivity contribution in [3.8, 4) is 0 Å². The topological polar surface area (TPSA) is 78.7 Å². The number of aryl methyl sites for hydroxylation is 1. The minimum atomic E-state index is -5.08. The van der Waals surface area contributed by atoms with Crippen molar-refractivity contribution in [2.75, 3.05) is 26.2 Å². The average Bonchev–Trinajstić information content (AvgIpc) is 3.43. The van der Waals surface area contributed by atoms with Crippen LogP contribution in [-0.2, 0) is 23.2 Å². The van der Waals surface area contributed by atoms with E-state index in [2.05, 4.69) is 21.1 Å². The molecule has 1 aromatic rings. The van der Waals surface area contributed by atoms with Crippen LogP contribution in [-0.4, -0.2) is 68.9 Å². The van der Waals surface area contributed by atoms with Crippen LogP contribution in [0.4, 0.5) is 13.2 Å². The van der Waals surface area contributed by atoms with Crippen LogP contribution in [0.15, 0.2) is 12.4 Å². The Morgan fingerprint density at radius 1 is 1.19 bits per heavy atom. The number of carbonyl (C=O) groups excluding carboxylic acids is 1. The molecule has 31 heavy (non-hydrogen) atoms. The summed E-state index contributed by atoms with van der Waals surface area (Å²) in [6.45, 7) is 5.07. The van der Waals surface area contributed by atoms with Crippen molar-refractivity contribution in [2.45, 2.75) is 57.7 Å². The first kappa shape index (κ1) is 23.6. The van der Waals surface area contributed by atoms with Gasteiger partial charge in [-0.25, -0.2) is 4.79 Å². The van der Waals surface area contributed by atoms with E-state index in [-0.39, 0.29) is 5.41 Å². The molecular weight excluding hydrogens is 413 g/mol. The van der Waals surface area contributed by atoms with Gasteiger partial charge < -0.3 is 10.0 Å². The number of aromatic nitrogens is 2. The minimum absolute atomic E-state index is 0.0377. The fraction of sp³-hybridized carbons (Fsp3) is 0.762. The summed E-state index contributed by atoms with van der Waals surface area (Å²) in [5, 5.41) is 11.4. The number of rotatable bonds is 4. The van der Waals surface area contributed by atoms with Gasteiger partial charge in [-0.1, -0.05) is 12.8 Å². The van der Waals surface area contributed by atoms with Gasteiger partial charge in [0.1, 0.15) is 0 Å². The fourth-order valence-corrected chi connectivity index (χ4v) is 4.99. The molecule has 2 saturated heterocycles. The van der Waals surface area contributed by atoms with E-state index in [0.29, 0.717) is 5.91 Å². The lowest BCUT2D eigenvalue weighted by atomic mass is 9.77. The first-order valence-corrected chi connectivity index (χ1v) is 10.9. The van der Waals surface area contributed by atoms with E-state index in [1.807, 2.05) is 17.9 Å². The van der Waals surface area contributed by atoms with E-state index >= 15 is 0 Å². The van der Waals surface area contributed by atoms with E-state index in [1.165, 1.54) is 31.2 Å². The van der Waals surface area contributed by atoms with Crippen LogP contribution < -0.4 is 0 Å². The molecule has 174 valence electrons. The summed E-state index contributed by atoms with van der Waals surface area (Å²) in [6.07, 6.45) is 7.50. The molecule has 7 nitrogen and oxygen atoms in total. The highest BCUT2D eigenvalue weighted by molar-refractivity contribution is 5.85. The lowest BCUT2D eigenvalue weighted by Crippen LogP contribution is -2.44. The highest BCUT2D eigenvalue weighted by atomic mass is 19.4. The van der Waals surface area contributed by atoms with Crippen LogP contribution in [0.3, 0.4) is 0 Å². The van der Waals surface area contributed by atoms with Gasteiger partial charge in [0.15, 0.2) is 0 Å². The second kappa shape index (κ2) is 9.58. The van der Waals surface area contributed by atoms with Gasteiger partial charge in [-0.3, -0.25) is 14.4 Å². The number of aliphatic carboxylic acids is 1. The molecule has 4 rings (SSSR count). The zero-order chi connectivity index (χ0) is 22.6. The van der Waals surface area contributed by atoms with Crippen molar-refractivity contribution < 1.29 is 27.9 Å². The molecule has 1 N–H and O–H groups in total. The zero-order valence-electron chi connectivity index (χ0n) is 17.9. The maximum absolute atomic E-state index is 13.0. The number of halogens is 3. The third-order valence-electron chi connectivity index (χ3n) is 6.77. The van der Waals surface area contributed by atoms with Crippen molar-refractivity contribution in [1.29, 1.82) is 0 Å². The Bertz CT molecular complexity index is 766.